The van der Waals surface area contributed by atoms with E-state index in [9.17, 15) is 18.8 Å². The summed E-state index contributed by atoms with van der Waals surface area (Å²) in [5.41, 5.74) is 2.25. The Labute approximate surface area is 170 Å². The number of amides is 2. The van der Waals surface area contributed by atoms with E-state index in [2.05, 4.69) is 10.4 Å². The molecule has 0 unspecified atom stereocenters. The van der Waals surface area contributed by atoms with Gasteiger partial charge in [0.05, 0.1) is 17.3 Å². The van der Waals surface area contributed by atoms with Crippen LogP contribution in [0, 0.1) is 11.7 Å². The van der Waals surface area contributed by atoms with Crippen LogP contribution in [0.1, 0.15) is 24.1 Å². The summed E-state index contributed by atoms with van der Waals surface area (Å²) in [6, 6.07) is 5.72. The highest BCUT2D eigenvalue weighted by molar-refractivity contribution is 7.98. The Morgan fingerprint density at radius 1 is 1.14 bits per heavy atom. The minimum Gasteiger partial charge on any atom is -0.481 e. The van der Waals surface area contributed by atoms with E-state index in [0.29, 0.717) is 35.9 Å². The number of aromatic nitrogens is 2. The van der Waals surface area contributed by atoms with E-state index in [4.69, 9.17) is 5.11 Å². The second kappa shape index (κ2) is 7.86. The maximum atomic E-state index is 13.3. The first-order valence-corrected chi connectivity index (χ1v) is 10.4. The third-order valence-corrected chi connectivity index (χ3v) is 6.15. The molecule has 1 fully saturated rings. The normalized spacial score (nSPS) is 16.5. The van der Waals surface area contributed by atoms with E-state index >= 15 is 0 Å². The van der Waals surface area contributed by atoms with E-state index < -0.39 is 23.7 Å². The van der Waals surface area contributed by atoms with E-state index in [1.165, 1.54) is 21.7 Å². The number of piperidine rings is 1. The molecule has 29 heavy (non-hydrogen) atoms. The van der Waals surface area contributed by atoms with Crippen LogP contribution >= 0.6 is 11.8 Å². The number of fused-ring (bicyclic) bond motifs is 1. The number of thioether (sulfide) groups is 1. The largest absolute Gasteiger partial charge is 0.481 e. The van der Waals surface area contributed by atoms with Crippen molar-refractivity contribution in [2.75, 3.05) is 18.4 Å². The quantitative estimate of drug-likeness (QED) is 0.739. The molecule has 0 atom stereocenters. The summed E-state index contributed by atoms with van der Waals surface area (Å²) in [6.45, 7) is 0.461. The molecule has 2 amide bonds. The van der Waals surface area contributed by atoms with Gasteiger partial charge in [-0.05, 0) is 37.1 Å². The minimum absolute atomic E-state index is 0.231. The van der Waals surface area contributed by atoms with Crippen LogP contribution in [-0.4, -0.2) is 50.7 Å². The highest BCUT2D eigenvalue weighted by atomic mass is 32.2. The molecule has 2 aliphatic rings. The average molecular weight is 418 g/mol. The van der Waals surface area contributed by atoms with Gasteiger partial charge in [0.2, 0.25) is 0 Å². The van der Waals surface area contributed by atoms with Crippen LogP contribution in [0.5, 0.6) is 0 Å². The van der Waals surface area contributed by atoms with Crippen molar-refractivity contribution in [3.05, 3.63) is 41.3 Å². The monoisotopic (exact) mass is 418 g/mol. The molecule has 3 heterocycles. The Bertz CT molecular complexity index is 967. The molecule has 0 bridgehead atoms. The van der Waals surface area contributed by atoms with E-state index in [0.717, 1.165) is 11.3 Å². The number of nitrogens with zero attached hydrogens (tertiary/aromatic N) is 3. The number of carboxylic acid groups (broad SMARTS) is 1. The van der Waals surface area contributed by atoms with Crippen LogP contribution in [0.15, 0.2) is 24.3 Å². The third kappa shape index (κ3) is 3.84. The lowest BCUT2D eigenvalue weighted by Crippen LogP contribution is -2.45. The van der Waals surface area contributed by atoms with Crippen molar-refractivity contribution in [1.82, 2.24) is 14.7 Å². The second-order valence-electron chi connectivity index (χ2n) is 7.01. The first kappa shape index (κ1) is 19.4. The first-order chi connectivity index (χ1) is 13.9. The van der Waals surface area contributed by atoms with Crippen LogP contribution in [-0.2, 0) is 25.9 Å². The standard InChI is InChI=1S/C19H19FN4O4S/c20-12-1-3-13(4-2-12)24-16(14-9-29-10-15(14)22-24)21-17(25)18(26)23-7-5-11(6-8-23)19(27)28/h1-4,11H,5-10H2,(H,21,25)(H,27,28). The number of nitrogens with one attached hydrogen (secondary N) is 1. The van der Waals surface area contributed by atoms with Gasteiger partial charge >= 0.3 is 17.8 Å². The number of carbonyl (C=O) groups is 3. The zero-order chi connectivity index (χ0) is 20.5. The molecule has 2 aliphatic heterocycles. The topological polar surface area (TPSA) is 105 Å². The van der Waals surface area contributed by atoms with Gasteiger partial charge in [0, 0.05) is 30.2 Å². The molecule has 2 aromatic rings. The van der Waals surface area contributed by atoms with Crippen molar-refractivity contribution in [3.8, 4) is 5.69 Å². The number of halogens is 1. The smallest absolute Gasteiger partial charge is 0.315 e. The van der Waals surface area contributed by atoms with Gasteiger partial charge in [-0.2, -0.15) is 16.9 Å². The molecule has 4 rings (SSSR count). The maximum Gasteiger partial charge on any atom is 0.315 e. The summed E-state index contributed by atoms with van der Waals surface area (Å²) in [7, 11) is 0. The number of rotatable bonds is 3. The summed E-state index contributed by atoms with van der Waals surface area (Å²) < 4.78 is 14.8. The zero-order valence-corrected chi connectivity index (χ0v) is 16.2. The van der Waals surface area contributed by atoms with E-state index in [-0.39, 0.29) is 18.9 Å². The highest BCUT2D eigenvalue weighted by Crippen LogP contribution is 2.36. The summed E-state index contributed by atoms with van der Waals surface area (Å²) >= 11 is 1.66. The molecule has 0 saturated carbocycles. The average Bonchev–Trinajstić information content (AvgIpc) is 3.31. The first-order valence-electron chi connectivity index (χ1n) is 9.21. The predicted octanol–water partition coefficient (Wildman–Crippen LogP) is 2.02. The second-order valence-corrected chi connectivity index (χ2v) is 8.00. The summed E-state index contributed by atoms with van der Waals surface area (Å²) in [4.78, 5) is 37.6. The van der Waals surface area contributed by atoms with Crippen molar-refractivity contribution in [3.63, 3.8) is 0 Å². The number of aliphatic carboxylic acids is 1. The minimum atomic E-state index is -0.877. The fourth-order valence-electron chi connectivity index (χ4n) is 3.54. The van der Waals surface area contributed by atoms with Crippen LogP contribution in [0.4, 0.5) is 10.2 Å². The van der Waals surface area contributed by atoms with Gasteiger partial charge in [-0.1, -0.05) is 0 Å². The molecule has 0 aliphatic carbocycles. The Kier molecular flexibility index (Phi) is 5.27. The third-order valence-electron chi connectivity index (χ3n) is 5.18. The molecule has 10 heteroatoms. The molecule has 0 radical (unpaired) electrons. The maximum absolute atomic E-state index is 13.3. The number of carbonyl (C=O) groups excluding carboxylic acids is 2. The van der Waals surface area contributed by atoms with Crippen molar-refractivity contribution in [2.24, 2.45) is 5.92 Å². The van der Waals surface area contributed by atoms with Gasteiger partial charge in [0.25, 0.3) is 0 Å². The van der Waals surface area contributed by atoms with Crippen molar-refractivity contribution in [1.29, 1.82) is 0 Å². The molecule has 152 valence electrons. The number of likely N-dealkylation sites (tertiary alicyclic amines) is 1. The fourth-order valence-corrected chi connectivity index (χ4v) is 4.58. The number of benzene rings is 1. The number of hydrogen-bond donors (Lipinski definition) is 2. The Hall–Kier alpha value is -2.88. The number of carboxylic acids is 1. The molecule has 8 nitrogen and oxygen atoms in total. The Morgan fingerprint density at radius 2 is 1.83 bits per heavy atom. The van der Waals surface area contributed by atoms with Crippen molar-refractivity contribution >= 4 is 35.4 Å². The van der Waals surface area contributed by atoms with Gasteiger partial charge in [0.1, 0.15) is 11.6 Å². The summed E-state index contributed by atoms with van der Waals surface area (Å²) in [5, 5.41) is 16.3. The van der Waals surface area contributed by atoms with Crippen LogP contribution < -0.4 is 5.32 Å². The Balaban J connectivity index is 1.53. The number of anilines is 1. The molecule has 1 aromatic heterocycles. The van der Waals surface area contributed by atoms with Gasteiger partial charge < -0.3 is 15.3 Å². The van der Waals surface area contributed by atoms with E-state index in [1.54, 1.807) is 23.9 Å². The van der Waals surface area contributed by atoms with Gasteiger partial charge in [-0.25, -0.2) is 9.07 Å². The van der Waals surface area contributed by atoms with Crippen LogP contribution in [0.25, 0.3) is 5.69 Å². The van der Waals surface area contributed by atoms with Gasteiger partial charge in [0.15, 0.2) is 0 Å². The summed E-state index contributed by atoms with van der Waals surface area (Å²) in [6.07, 6.45) is 0.655. The van der Waals surface area contributed by atoms with Gasteiger partial charge in [-0.15, -0.1) is 0 Å². The lowest BCUT2D eigenvalue weighted by molar-refractivity contribution is -0.148. The lowest BCUT2D eigenvalue weighted by Gasteiger charge is -2.29. The Morgan fingerprint density at radius 3 is 2.48 bits per heavy atom. The number of hydrogen-bond acceptors (Lipinski definition) is 5. The molecular weight excluding hydrogens is 399 g/mol. The van der Waals surface area contributed by atoms with Crippen LogP contribution in [0.3, 0.4) is 0 Å². The van der Waals surface area contributed by atoms with Gasteiger partial charge in [-0.3, -0.25) is 14.4 Å². The lowest BCUT2D eigenvalue weighted by atomic mass is 9.97. The molecule has 2 N–H and O–H groups in total. The van der Waals surface area contributed by atoms with Crippen LogP contribution in [0.2, 0.25) is 0 Å². The van der Waals surface area contributed by atoms with Crippen molar-refractivity contribution in [2.45, 2.75) is 24.3 Å². The zero-order valence-electron chi connectivity index (χ0n) is 15.4. The summed E-state index contributed by atoms with van der Waals surface area (Å²) in [5.74, 6) is -1.46. The highest BCUT2D eigenvalue weighted by Gasteiger charge is 2.32. The molecule has 0 spiro atoms. The molecular formula is C19H19FN4O4S. The predicted molar refractivity (Wildman–Crippen MR) is 104 cm³/mol. The SMILES string of the molecule is O=C(Nc1c2c(nn1-c1ccc(F)cc1)CSC2)C(=O)N1CCC(C(=O)O)CC1. The molecule has 1 saturated heterocycles. The molecule has 1 aromatic carbocycles. The van der Waals surface area contributed by atoms with E-state index in [1.807, 2.05) is 0 Å². The van der Waals surface area contributed by atoms with Crippen molar-refractivity contribution < 1.29 is 23.9 Å². The fraction of sp³-hybridized carbons (Fsp3) is 0.368.